The Kier molecular flexibility index (Phi) is 7.30. The van der Waals surface area contributed by atoms with Crippen molar-refractivity contribution in [3.05, 3.63) is 83.7 Å². The molecular weight excluding hydrogens is 436 g/mol. The van der Waals surface area contributed by atoms with Crippen LogP contribution in [0.1, 0.15) is 11.1 Å². The van der Waals surface area contributed by atoms with E-state index < -0.39 is 23.6 Å². The number of nitrogens with one attached hydrogen (secondary N) is 2. The van der Waals surface area contributed by atoms with E-state index in [2.05, 4.69) is 16.7 Å². The number of urea groups is 1. The standard InChI is InChI=1S/C24H20F4N4O/c1-30-11-12-32(23(33)31-19-7-10-22(25)21(14-19)24(26,27)28)20-8-5-17(6-9-20)18-4-2-3-16(13-18)15-29/h2-10,13-14,30H,11-12H2,1H3,(H,31,33). The van der Waals surface area contributed by atoms with Gasteiger partial charge in [0, 0.05) is 24.5 Å². The van der Waals surface area contributed by atoms with Crippen LogP contribution < -0.4 is 15.5 Å². The fraction of sp³-hybridized carbons (Fsp3) is 0.167. The monoisotopic (exact) mass is 456 g/mol. The summed E-state index contributed by atoms with van der Waals surface area (Å²) in [4.78, 5) is 14.2. The van der Waals surface area contributed by atoms with Gasteiger partial charge in [0.2, 0.25) is 0 Å². The van der Waals surface area contributed by atoms with Gasteiger partial charge >= 0.3 is 12.2 Å². The molecule has 3 aromatic rings. The molecule has 0 aliphatic heterocycles. The molecule has 0 aliphatic rings. The number of benzene rings is 3. The van der Waals surface area contributed by atoms with Gasteiger partial charge < -0.3 is 10.6 Å². The van der Waals surface area contributed by atoms with Gasteiger partial charge in [-0.1, -0.05) is 24.3 Å². The number of amides is 2. The summed E-state index contributed by atoms with van der Waals surface area (Å²) in [7, 11) is 1.71. The van der Waals surface area contributed by atoms with Gasteiger partial charge in [0.05, 0.1) is 17.2 Å². The molecule has 0 aromatic heterocycles. The largest absolute Gasteiger partial charge is 0.419 e. The Morgan fingerprint density at radius 2 is 1.76 bits per heavy atom. The van der Waals surface area contributed by atoms with Crippen molar-refractivity contribution >= 4 is 17.4 Å². The molecule has 0 unspecified atom stereocenters. The van der Waals surface area contributed by atoms with Crippen molar-refractivity contribution in [2.24, 2.45) is 0 Å². The summed E-state index contributed by atoms with van der Waals surface area (Å²) in [6.45, 7) is 0.662. The number of halogens is 4. The van der Waals surface area contributed by atoms with Gasteiger partial charge in [-0.15, -0.1) is 0 Å². The van der Waals surface area contributed by atoms with E-state index in [4.69, 9.17) is 5.26 Å². The van der Waals surface area contributed by atoms with Gasteiger partial charge in [0.1, 0.15) is 5.82 Å². The molecule has 0 aliphatic carbocycles. The normalized spacial score (nSPS) is 11.0. The van der Waals surface area contributed by atoms with E-state index in [1.165, 1.54) is 4.90 Å². The van der Waals surface area contributed by atoms with Crippen molar-refractivity contribution in [3.63, 3.8) is 0 Å². The molecule has 0 heterocycles. The van der Waals surface area contributed by atoms with E-state index in [9.17, 15) is 22.4 Å². The average molecular weight is 456 g/mol. The number of nitriles is 1. The van der Waals surface area contributed by atoms with Crippen LogP contribution in [-0.2, 0) is 6.18 Å². The summed E-state index contributed by atoms with van der Waals surface area (Å²) in [5.74, 6) is -1.41. The van der Waals surface area contributed by atoms with Gasteiger partial charge in [0.15, 0.2) is 0 Å². The van der Waals surface area contributed by atoms with E-state index in [1.807, 2.05) is 6.07 Å². The lowest BCUT2D eigenvalue weighted by atomic mass is 10.0. The Bertz CT molecular complexity index is 1170. The Balaban J connectivity index is 1.85. The van der Waals surface area contributed by atoms with Crippen LogP contribution in [0.4, 0.5) is 33.7 Å². The van der Waals surface area contributed by atoms with Gasteiger partial charge in [-0.05, 0) is 60.6 Å². The summed E-state index contributed by atoms with van der Waals surface area (Å²) in [6.07, 6.45) is -4.88. The lowest BCUT2D eigenvalue weighted by Crippen LogP contribution is -2.39. The van der Waals surface area contributed by atoms with Crippen LogP contribution in [0.3, 0.4) is 0 Å². The summed E-state index contributed by atoms with van der Waals surface area (Å²) in [5.41, 5.74) is 1.07. The molecule has 0 atom stereocenters. The SMILES string of the molecule is CNCCN(C(=O)Nc1ccc(F)c(C(F)(F)F)c1)c1ccc(-c2cccc(C#N)c2)cc1. The summed E-state index contributed by atoms with van der Waals surface area (Å²) < 4.78 is 52.5. The topological polar surface area (TPSA) is 68.2 Å². The minimum atomic E-state index is -4.88. The molecule has 33 heavy (non-hydrogen) atoms. The second kappa shape index (κ2) is 10.1. The lowest BCUT2D eigenvalue weighted by Gasteiger charge is -2.24. The Hall–Kier alpha value is -3.90. The second-order valence-electron chi connectivity index (χ2n) is 7.12. The Morgan fingerprint density at radius 3 is 2.39 bits per heavy atom. The van der Waals surface area contributed by atoms with E-state index in [0.29, 0.717) is 29.9 Å². The summed E-state index contributed by atoms with van der Waals surface area (Å²) >= 11 is 0. The van der Waals surface area contributed by atoms with Crippen molar-refractivity contribution in [1.29, 1.82) is 5.26 Å². The zero-order valence-corrected chi connectivity index (χ0v) is 17.6. The van der Waals surface area contributed by atoms with Crippen LogP contribution in [0.15, 0.2) is 66.7 Å². The molecule has 0 fully saturated rings. The lowest BCUT2D eigenvalue weighted by molar-refractivity contribution is -0.139. The van der Waals surface area contributed by atoms with E-state index in [1.54, 1.807) is 49.5 Å². The zero-order valence-electron chi connectivity index (χ0n) is 17.6. The number of hydrogen-bond donors (Lipinski definition) is 2. The second-order valence-corrected chi connectivity index (χ2v) is 7.12. The summed E-state index contributed by atoms with van der Waals surface area (Å²) in [5, 5.41) is 14.4. The number of anilines is 2. The van der Waals surface area contributed by atoms with Gasteiger partial charge in [0.25, 0.3) is 0 Å². The molecule has 2 amide bonds. The van der Waals surface area contributed by atoms with Crippen LogP contribution >= 0.6 is 0 Å². The fourth-order valence-electron chi connectivity index (χ4n) is 3.18. The van der Waals surface area contributed by atoms with Crippen molar-refractivity contribution < 1.29 is 22.4 Å². The van der Waals surface area contributed by atoms with Crippen molar-refractivity contribution in [2.45, 2.75) is 6.18 Å². The first-order chi connectivity index (χ1) is 15.7. The smallest absolute Gasteiger partial charge is 0.318 e. The number of hydrogen-bond acceptors (Lipinski definition) is 3. The predicted molar refractivity (Wildman–Crippen MR) is 118 cm³/mol. The third kappa shape index (κ3) is 5.87. The number of nitrogens with zero attached hydrogens (tertiary/aromatic N) is 2. The molecule has 170 valence electrons. The third-order valence-electron chi connectivity index (χ3n) is 4.86. The molecule has 0 spiro atoms. The molecule has 2 N–H and O–H groups in total. The molecular formula is C24H20F4N4O. The molecule has 5 nitrogen and oxygen atoms in total. The number of alkyl halides is 3. The minimum absolute atomic E-state index is 0.173. The van der Waals surface area contributed by atoms with Gasteiger partial charge in [-0.3, -0.25) is 4.90 Å². The molecule has 0 bridgehead atoms. The van der Waals surface area contributed by atoms with Crippen LogP contribution in [0.25, 0.3) is 11.1 Å². The highest BCUT2D eigenvalue weighted by Gasteiger charge is 2.34. The zero-order chi connectivity index (χ0) is 24.0. The average Bonchev–Trinajstić information content (AvgIpc) is 2.80. The van der Waals surface area contributed by atoms with Crippen molar-refractivity contribution in [1.82, 2.24) is 5.32 Å². The maximum absolute atomic E-state index is 13.5. The molecule has 0 radical (unpaired) electrons. The highest BCUT2D eigenvalue weighted by Crippen LogP contribution is 2.33. The first-order valence-corrected chi connectivity index (χ1v) is 9.93. The van der Waals surface area contributed by atoms with Crippen LogP contribution in [0, 0.1) is 17.1 Å². The molecule has 0 saturated heterocycles. The number of carbonyl (C=O) groups is 1. The van der Waals surface area contributed by atoms with Crippen LogP contribution in [0.2, 0.25) is 0 Å². The van der Waals surface area contributed by atoms with Gasteiger partial charge in [-0.25, -0.2) is 9.18 Å². The van der Waals surface area contributed by atoms with Crippen LogP contribution in [-0.4, -0.2) is 26.2 Å². The Morgan fingerprint density at radius 1 is 1.03 bits per heavy atom. The quantitative estimate of drug-likeness (QED) is 0.472. The van der Waals surface area contributed by atoms with Gasteiger partial charge in [-0.2, -0.15) is 18.4 Å². The van der Waals surface area contributed by atoms with Crippen molar-refractivity contribution in [3.8, 4) is 17.2 Å². The maximum Gasteiger partial charge on any atom is 0.419 e. The summed E-state index contributed by atoms with van der Waals surface area (Å²) in [6, 6.07) is 17.8. The molecule has 9 heteroatoms. The fourth-order valence-corrected chi connectivity index (χ4v) is 3.18. The van der Waals surface area contributed by atoms with Crippen LogP contribution in [0.5, 0.6) is 0 Å². The minimum Gasteiger partial charge on any atom is -0.318 e. The van der Waals surface area contributed by atoms with E-state index in [-0.39, 0.29) is 12.2 Å². The van der Waals surface area contributed by atoms with E-state index >= 15 is 0 Å². The number of rotatable bonds is 6. The first kappa shape index (κ1) is 23.8. The highest BCUT2D eigenvalue weighted by atomic mass is 19.4. The number of likely N-dealkylation sites (N-methyl/N-ethyl adjacent to an activating group) is 1. The molecule has 3 rings (SSSR count). The highest BCUT2D eigenvalue weighted by molar-refractivity contribution is 6.02. The predicted octanol–water partition coefficient (Wildman–Crippen LogP) is 5.64. The molecule has 0 saturated carbocycles. The number of carbonyl (C=O) groups excluding carboxylic acids is 1. The first-order valence-electron chi connectivity index (χ1n) is 9.93. The third-order valence-corrected chi connectivity index (χ3v) is 4.86. The maximum atomic E-state index is 13.5. The molecule has 3 aromatic carbocycles. The Labute approximate surface area is 188 Å². The van der Waals surface area contributed by atoms with E-state index in [0.717, 1.165) is 17.2 Å². The van der Waals surface area contributed by atoms with Crippen molar-refractivity contribution in [2.75, 3.05) is 30.4 Å².